The van der Waals surface area contributed by atoms with E-state index in [9.17, 15) is 13.2 Å². The highest BCUT2D eigenvalue weighted by Crippen LogP contribution is 2.36. The molecule has 1 unspecified atom stereocenters. The van der Waals surface area contributed by atoms with Crippen LogP contribution in [0.4, 0.5) is 5.13 Å². The van der Waals surface area contributed by atoms with Crippen LogP contribution in [0.15, 0.2) is 41.3 Å². The first-order chi connectivity index (χ1) is 15.3. The summed E-state index contributed by atoms with van der Waals surface area (Å²) in [4.78, 5) is 22.3. The molecule has 1 aliphatic heterocycles. The van der Waals surface area contributed by atoms with Gasteiger partial charge in [0.2, 0.25) is 15.9 Å². The minimum Gasteiger partial charge on any atom is -0.302 e. The number of benzene rings is 2. The molecule has 166 valence electrons. The second-order valence-electron chi connectivity index (χ2n) is 8.02. The van der Waals surface area contributed by atoms with Crippen molar-refractivity contribution in [3.05, 3.63) is 47.0 Å². The minimum atomic E-state index is -3.63. The van der Waals surface area contributed by atoms with Crippen molar-refractivity contribution in [2.75, 3.05) is 18.4 Å². The predicted octanol–water partition coefficient (Wildman–Crippen LogP) is 4.56. The number of aromatic nitrogens is 2. The molecule has 2 aromatic heterocycles. The number of aryl methyl sites for hydroxylation is 2. The lowest BCUT2D eigenvalue weighted by molar-refractivity contribution is -0.120. The first-order valence-electron chi connectivity index (χ1n) is 10.4. The molecule has 5 rings (SSSR count). The number of carbonyl (C=O) groups excluding carboxylic acids is 1. The lowest BCUT2D eigenvalue weighted by atomic mass is 9.99. The van der Waals surface area contributed by atoms with E-state index in [4.69, 9.17) is 0 Å². The maximum Gasteiger partial charge on any atom is 0.243 e. The van der Waals surface area contributed by atoms with E-state index in [1.165, 1.54) is 15.6 Å². The maximum atomic E-state index is 13.0. The van der Waals surface area contributed by atoms with Crippen molar-refractivity contribution < 1.29 is 13.2 Å². The molecule has 7 nitrogen and oxygen atoms in total. The second-order valence-corrected chi connectivity index (χ2v) is 12.2. The smallest absolute Gasteiger partial charge is 0.243 e. The zero-order chi connectivity index (χ0) is 22.5. The van der Waals surface area contributed by atoms with Crippen LogP contribution in [0.25, 0.3) is 20.4 Å². The fourth-order valence-corrected chi connectivity index (χ4v) is 7.51. The lowest BCUT2D eigenvalue weighted by Crippen LogP contribution is -2.43. The van der Waals surface area contributed by atoms with Crippen LogP contribution < -0.4 is 5.32 Å². The average Bonchev–Trinajstić information content (AvgIpc) is 3.36. The summed E-state index contributed by atoms with van der Waals surface area (Å²) in [6.07, 6.45) is 1.29. The van der Waals surface area contributed by atoms with Crippen LogP contribution in [0.5, 0.6) is 0 Å². The molecule has 1 aliphatic rings. The zero-order valence-corrected chi connectivity index (χ0v) is 20.1. The highest BCUT2D eigenvalue weighted by Gasteiger charge is 2.33. The van der Waals surface area contributed by atoms with Gasteiger partial charge >= 0.3 is 0 Å². The van der Waals surface area contributed by atoms with Crippen molar-refractivity contribution in [1.29, 1.82) is 0 Å². The van der Waals surface area contributed by atoms with E-state index < -0.39 is 15.9 Å². The largest absolute Gasteiger partial charge is 0.302 e. The number of anilines is 1. The van der Waals surface area contributed by atoms with Gasteiger partial charge in [-0.3, -0.25) is 4.79 Å². The second kappa shape index (κ2) is 8.18. The van der Waals surface area contributed by atoms with Gasteiger partial charge in [0.15, 0.2) is 5.13 Å². The van der Waals surface area contributed by atoms with Crippen molar-refractivity contribution in [2.24, 2.45) is 5.92 Å². The number of amides is 1. The molecule has 1 amide bonds. The minimum absolute atomic E-state index is 0.172. The molecule has 3 heterocycles. The summed E-state index contributed by atoms with van der Waals surface area (Å²) in [7, 11) is -3.63. The Morgan fingerprint density at radius 1 is 1.03 bits per heavy atom. The molecular formula is C22H22N4O3S3. The Labute approximate surface area is 194 Å². The first kappa shape index (κ1) is 21.4. The van der Waals surface area contributed by atoms with Crippen LogP contribution in [-0.4, -0.2) is 41.7 Å². The molecule has 0 saturated carbocycles. The highest BCUT2D eigenvalue weighted by molar-refractivity contribution is 7.89. The van der Waals surface area contributed by atoms with Gasteiger partial charge in [0, 0.05) is 13.1 Å². The van der Waals surface area contributed by atoms with Crippen LogP contribution >= 0.6 is 22.7 Å². The SMILES string of the molecule is Cc1ccc(S(=O)(=O)N2CCCC(C(=O)Nc3nc4ccc5nc(C)sc5c4s3)C2)cc1. The number of piperidine rings is 1. The Balaban J connectivity index is 1.34. The van der Waals surface area contributed by atoms with Crippen LogP contribution in [0.3, 0.4) is 0 Å². The molecule has 1 saturated heterocycles. The maximum absolute atomic E-state index is 13.0. The van der Waals surface area contributed by atoms with Crippen molar-refractivity contribution in [3.8, 4) is 0 Å². The molecule has 1 N–H and O–H groups in total. The summed E-state index contributed by atoms with van der Waals surface area (Å²) in [5.41, 5.74) is 2.76. The van der Waals surface area contributed by atoms with E-state index in [1.807, 2.05) is 26.0 Å². The third kappa shape index (κ3) is 3.92. The Bertz CT molecular complexity index is 1420. The fourth-order valence-electron chi connectivity index (χ4n) is 3.98. The van der Waals surface area contributed by atoms with Gasteiger partial charge in [0.1, 0.15) is 0 Å². The molecular weight excluding hydrogens is 464 g/mol. The summed E-state index contributed by atoms with van der Waals surface area (Å²) >= 11 is 3.05. The van der Waals surface area contributed by atoms with Gasteiger partial charge in [-0.1, -0.05) is 29.0 Å². The number of rotatable bonds is 4. The van der Waals surface area contributed by atoms with Crippen molar-refractivity contribution in [2.45, 2.75) is 31.6 Å². The van der Waals surface area contributed by atoms with E-state index in [0.717, 1.165) is 31.0 Å². The lowest BCUT2D eigenvalue weighted by Gasteiger charge is -2.31. The molecule has 0 bridgehead atoms. The van der Waals surface area contributed by atoms with E-state index in [2.05, 4.69) is 15.3 Å². The fraction of sp³-hybridized carbons (Fsp3) is 0.318. The molecule has 0 spiro atoms. The topological polar surface area (TPSA) is 92.3 Å². The molecule has 1 atom stereocenters. The number of nitrogens with one attached hydrogen (secondary N) is 1. The van der Waals surface area contributed by atoms with Gasteiger partial charge in [-0.15, -0.1) is 11.3 Å². The van der Waals surface area contributed by atoms with E-state index >= 15 is 0 Å². The van der Waals surface area contributed by atoms with Crippen molar-refractivity contribution in [3.63, 3.8) is 0 Å². The Kier molecular flexibility index (Phi) is 5.48. The van der Waals surface area contributed by atoms with Gasteiger partial charge in [-0.2, -0.15) is 4.31 Å². The van der Waals surface area contributed by atoms with Crippen LogP contribution in [0.1, 0.15) is 23.4 Å². The summed E-state index contributed by atoms with van der Waals surface area (Å²) in [6, 6.07) is 10.7. The quantitative estimate of drug-likeness (QED) is 0.456. The predicted molar refractivity (Wildman–Crippen MR) is 129 cm³/mol. The normalized spacial score (nSPS) is 17.8. The van der Waals surface area contributed by atoms with Gasteiger partial charge in [0.25, 0.3) is 0 Å². The Morgan fingerprint density at radius 3 is 2.47 bits per heavy atom. The Morgan fingerprint density at radius 2 is 1.72 bits per heavy atom. The van der Waals surface area contributed by atoms with Crippen LogP contribution in [0, 0.1) is 19.8 Å². The standard InChI is InChI=1S/C22H22N4O3S3/c1-13-5-7-16(8-6-13)32(28,29)26-11-3-4-15(12-26)21(27)25-22-24-18-10-9-17-19(20(18)31-22)30-14(2)23-17/h5-10,15H,3-4,11-12H2,1-2H3,(H,24,25,27). The number of hydrogen-bond acceptors (Lipinski definition) is 7. The molecule has 4 aromatic rings. The highest BCUT2D eigenvalue weighted by atomic mass is 32.2. The average molecular weight is 487 g/mol. The van der Waals surface area contributed by atoms with Gasteiger partial charge in [0.05, 0.1) is 36.3 Å². The molecule has 1 fully saturated rings. The number of carbonyl (C=O) groups is 1. The number of sulfonamides is 1. The number of thiazole rings is 2. The van der Waals surface area contributed by atoms with Crippen molar-refractivity contribution >= 4 is 64.2 Å². The van der Waals surface area contributed by atoms with E-state index in [0.29, 0.717) is 24.5 Å². The Hall–Kier alpha value is -2.40. The van der Waals surface area contributed by atoms with E-state index in [1.54, 1.807) is 35.6 Å². The molecule has 0 aliphatic carbocycles. The number of nitrogens with zero attached hydrogens (tertiary/aromatic N) is 3. The van der Waals surface area contributed by atoms with Crippen molar-refractivity contribution in [1.82, 2.24) is 14.3 Å². The summed E-state index contributed by atoms with van der Waals surface area (Å²) < 4.78 is 29.6. The molecule has 2 aromatic carbocycles. The molecule has 10 heteroatoms. The molecule has 32 heavy (non-hydrogen) atoms. The van der Waals surface area contributed by atoms with Gasteiger partial charge in [-0.25, -0.2) is 18.4 Å². The zero-order valence-electron chi connectivity index (χ0n) is 17.7. The summed E-state index contributed by atoms with van der Waals surface area (Å²) in [6.45, 7) is 4.48. The first-order valence-corrected chi connectivity index (χ1v) is 13.4. The monoisotopic (exact) mass is 486 g/mol. The molecule has 0 radical (unpaired) electrons. The van der Waals surface area contributed by atoms with Crippen LogP contribution in [0.2, 0.25) is 0 Å². The third-order valence-electron chi connectivity index (χ3n) is 5.66. The number of hydrogen-bond donors (Lipinski definition) is 1. The number of fused-ring (bicyclic) bond motifs is 3. The van der Waals surface area contributed by atoms with Crippen LogP contribution in [-0.2, 0) is 14.8 Å². The van der Waals surface area contributed by atoms with Gasteiger partial charge < -0.3 is 5.32 Å². The van der Waals surface area contributed by atoms with E-state index in [-0.39, 0.29) is 17.3 Å². The summed E-state index contributed by atoms with van der Waals surface area (Å²) in [5.74, 6) is -0.605. The summed E-state index contributed by atoms with van der Waals surface area (Å²) in [5, 5.41) is 4.44. The third-order valence-corrected chi connectivity index (χ3v) is 9.68. The van der Waals surface area contributed by atoms with Gasteiger partial charge in [-0.05, 0) is 51.0 Å².